The molecular formula is C22H30N4O3. The number of rotatable bonds is 7. The first-order valence-electron chi connectivity index (χ1n) is 10.3. The number of hydrogen-bond acceptors (Lipinski definition) is 4. The molecular weight excluding hydrogens is 368 g/mol. The van der Waals surface area contributed by atoms with E-state index < -0.39 is 0 Å². The van der Waals surface area contributed by atoms with Crippen molar-refractivity contribution < 1.29 is 14.3 Å². The maximum atomic E-state index is 13.2. The molecule has 0 bridgehead atoms. The number of piperidine rings is 1. The number of likely N-dealkylation sites (tertiary alicyclic amines) is 1. The Kier molecular flexibility index (Phi) is 6.90. The minimum absolute atomic E-state index is 0.0563. The van der Waals surface area contributed by atoms with Gasteiger partial charge in [0.2, 0.25) is 5.91 Å². The normalized spacial score (nSPS) is 14.8. The molecule has 0 spiro atoms. The summed E-state index contributed by atoms with van der Waals surface area (Å²) in [6.45, 7) is 5.92. The first-order valence-corrected chi connectivity index (χ1v) is 10.3. The van der Waals surface area contributed by atoms with Gasteiger partial charge in [-0.2, -0.15) is 5.10 Å². The van der Waals surface area contributed by atoms with Crippen LogP contribution in [0.1, 0.15) is 43.6 Å². The Morgan fingerprint density at radius 2 is 1.90 bits per heavy atom. The summed E-state index contributed by atoms with van der Waals surface area (Å²) in [5.41, 5.74) is 1.23. The topological polar surface area (TPSA) is 76.5 Å². The Labute approximate surface area is 172 Å². The molecule has 29 heavy (non-hydrogen) atoms. The number of amides is 2. The van der Waals surface area contributed by atoms with Crippen molar-refractivity contribution in [1.82, 2.24) is 20.0 Å². The van der Waals surface area contributed by atoms with Gasteiger partial charge in [0.15, 0.2) is 11.4 Å². The van der Waals surface area contributed by atoms with Gasteiger partial charge in [0, 0.05) is 26.6 Å². The van der Waals surface area contributed by atoms with Crippen molar-refractivity contribution >= 4 is 11.8 Å². The average Bonchev–Trinajstić information content (AvgIpc) is 3.17. The smallest absolute Gasteiger partial charge is 0.278 e. The lowest BCUT2D eigenvalue weighted by Crippen LogP contribution is -2.39. The van der Waals surface area contributed by atoms with E-state index in [2.05, 4.69) is 24.3 Å². The third kappa shape index (κ3) is 5.37. The van der Waals surface area contributed by atoms with Crippen LogP contribution in [0.3, 0.4) is 0 Å². The van der Waals surface area contributed by atoms with Gasteiger partial charge in [-0.05, 0) is 36.8 Å². The van der Waals surface area contributed by atoms with Gasteiger partial charge in [0.05, 0.1) is 18.5 Å². The van der Waals surface area contributed by atoms with Gasteiger partial charge in [0.1, 0.15) is 0 Å². The zero-order chi connectivity index (χ0) is 20.8. The van der Waals surface area contributed by atoms with Crippen LogP contribution >= 0.6 is 0 Å². The quantitative estimate of drug-likeness (QED) is 0.778. The number of nitrogens with one attached hydrogen (secondary N) is 1. The maximum absolute atomic E-state index is 13.2. The number of ether oxygens (including phenoxy) is 1. The Morgan fingerprint density at radius 1 is 1.21 bits per heavy atom. The largest absolute Gasteiger partial charge is 0.489 e. The fraction of sp³-hybridized carbons (Fsp3) is 0.500. The summed E-state index contributed by atoms with van der Waals surface area (Å²) in [7, 11) is 1.66. The summed E-state index contributed by atoms with van der Waals surface area (Å²) in [6, 6.07) is 9.70. The summed E-state index contributed by atoms with van der Waals surface area (Å²) < 4.78 is 7.61. The first kappa shape index (κ1) is 20.9. The van der Waals surface area contributed by atoms with Crippen LogP contribution in [0.2, 0.25) is 0 Å². The van der Waals surface area contributed by atoms with Crippen LogP contribution in [-0.2, 0) is 4.79 Å². The van der Waals surface area contributed by atoms with E-state index in [1.807, 2.05) is 35.2 Å². The zero-order valence-electron chi connectivity index (χ0n) is 17.4. The van der Waals surface area contributed by atoms with E-state index in [1.165, 1.54) is 0 Å². The molecule has 156 valence electrons. The van der Waals surface area contributed by atoms with Crippen molar-refractivity contribution in [2.24, 2.45) is 11.8 Å². The van der Waals surface area contributed by atoms with Crippen molar-refractivity contribution in [3.05, 3.63) is 42.2 Å². The molecule has 0 aliphatic carbocycles. The number of aromatic nitrogens is 2. The van der Waals surface area contributed by atoms with E-state index >= 15 is 0 Å². The Hall–Kier alpha value is -2.83. The van der Waals surface area contributed by atoms with E-state index in [0.29, 0.717) is 49.4 Å². The molecule has 7 heteroatoms. The monoisotopic (exact) mass is 398 g/mol. The highest BCUT2D eigenvalue weighted by atomic mass is 16.5. The standard InChI is InChI=1S/C22H30N4O3/c1-16(2)15-29-19-14-26(18-7-5-4-6-8-18)24-21(19)22(28)25-11-9-17(10-12-25)13-20(27)23-3/h4-8,14,16-17H,9-13,15H2,1-3H3,(H,23,27). The predicted octanol–water partition coefficient (Wildman–Crippen LogP) is 2.90. The van der Waals surface area contributed by atoms with Crippen molar-refractivity contribution in [2.75, 3.05) is 26.7 Å². The van der Waals surface area contributed by atoms with Gasteiger partial charge < -0.3 is 15.0 Å². The van der Waals surface area contributed by atoms with E-state index in [4.69, 9.17) is 4.74 Å². The van der Waals surface area contributed by atoms with Crippen molar-refractivity contribution in [3.8, 4) is 11.4 Å². The van der Waals surface area contributed by atoms with Gasteiger partial charge in [0.25, 0.3) is 5.91 Å². The predicted molar refractivity (Wildman–Crippen MR) is 111 cm³/mol. The molecule has 2 aromatic rings. The highest BCUT2D eigenvalue weighted by Crippen LogP contribution is 2.26. The Morgan fingerprint density at radius 3 is 2.52 bits per heavy atom. The van der Waals surface area contributed by atoms with Crippen LogP contribution in [-0.4, -0.2) is 53.2 Å². The molecule has 0 saturated carbocycles. The van der Waals surface area contributed by atoms with Crippen LogP contribution in [0.5, 0.6) is 5.75 Å². The average molecular weight is 399 g/mol. The van der Waals surface area contributed by atoms with E-state index in [0.717, 1.165) is 18.5 Å². The summed E-state index contributed by atoms with van der Waals surface area (Å²) >= 11 is 0. The molecule has 2 amide bonds. The molecule has 1 saturated heterocycles. The Balaban J connectivity index is 1.75. The van der Waals surface area contributed by atoms with Gasteiger partial charge in [-0.1, -0.05) is 32.0 Å². The molecule has 3 rings (SSSR count). The summed E-state index contributed by atoms with van der Waals surface area (Å²) in [6.07, 6.45) is 3.94. The number of nitrogens with zero attached hydrogens (tertiary/aromatic N) is 3. The van der Waals surface area contributed by atoms with Crippen LogP contribution in [0.4, 0.5) is 0 Å². The SMILES string of the molecule is CNC(=O)CC1CCN(C(=O)c2nn(-c3ccccc3)cc2OCC(C)C)CC1. The minimum Gasteiger partial charge on any atom is -0.489 e. The molecule has 1 N–H and O–H groups in total. The Bertz CT molecular complexity index is 824. The molecule has 1 aliphatic rings. The third-order valence-electron chi connectivity index (χ3n) is 5.13. The fourth-order valence-corrected chi connectivity index (χ4v) is 3.44. The summed E-state index contributed by atoms with van der Waals surface area (Å²) in [5, 5.41) is 7.22. The van der Waals surface area contributed by atoms with Gasteiger partial charge in [-0.25, -0.2) is 4.68 Å². The second kappa shape index (κ2) is 9.58. The number of benzene rings is 1. The van der Waals surface area contributed by atoms with Gasteiger partial charge in [-0.15, -0.1) is 0 Å². The first-order chi connectivity index (χ1) is 14.0. The lowest BCUT2D eigenvalue weighted by Gasteiger charge is -2.31. The van der Waals surface area contributed by atoms with E-state index in [-0.39, 0.29) is 11.8 Å². The van der Waals surface area contributed by atoms with Crippen molar-refractivity contribution in [2.45, 2.75) is 33.1 Å². The highest BCUT2D eigenvalue weighted by molar-refractivity contribution is 5.95. The van der Waals surface area contributed by atoms with E-state index in [1.54, 1.807) is 17.9 Å². The summed E-state index contributed by atoms with van der Waals surface area (Å²) in [4.78, 5) is 26.6. The van der Waals surface area contributed by atoms with Crippen molar-refractivity contribution in [3.63, 3.8) is 0 Å². The van der Waals surface area contributed by atoms with Crippen LogP contribution in [0.25, 0.3) is 5.69 Å². The second-order valence-electron chi connectivity index (χ2n) is 7.94. The zero-order valence-corrected chi connectivity index (χ0v) is 17.4. The summed E-state index contributed by atoms with van der Waals surface area (Å²) in [5.74, 6) is 1.12. The lowest BCUT2D eigenvalue weighted by atomic mass is 9.93. The molecule has 2 heterocycles. The molecule has 0 atom stereocenters. The van der Waals surface area contributed by atoms with Gasteiger partial charge >= 0.3 is 0 Å². The number of carbonyl (C=O) groups is 2. The number of hydrogen-bond donors (Lipinski definition) is 1. The van der Waals surface area contributed by atoms with E-state index in [9.17, 15) is 9.59 Å². The molecule has 0 radical (unpaired) electrons. The second-order valence-corrected chi connectivity index (χ2v) is 7.94. The third-order valence-corrected chi connectivity index (χ3v) is 5.13. The van der Waals surface area contributed by atoms with Crippen LogP contribution in [0, 0.1) is 11.8 Å². The number of carbonyl (C=O) groups excluding carboxylic acids is 2. The van der Waals surface area contributed by atoms with Crippen molar-refractivity contribution in [1.29, 1.82) is 0 Å². The number of para-hydroxylation sites is 1. The highest BCUT2D eigenvalue weighted by Gasteiger charge is 2.29. The molecule has 1 aromatic carbocycles. The molecule has 1 aliphatic heterocycles. The maximum Gasteiger partial charge on any atom is 0.278 e. The molecule has 1 fully saturated rings. The molecule has 7 nitrogen and oxygen atoms in total. The molecule has 0 unspecified atom stereocenters. The van der Waals surface area contributed by atoms with Crippen LogP contribution in [0.15, 0.2) is 36.5 Å². The molecule has 1 aromatic heterocycles. The lowest BCUT2D eigenvalue weighted by molar-refractivity contribution is -0.121. The fourth-order valence-electron chi connectivity index (χ4n) is 3.44. The minimum atomic E-state index is -0.114. The van der Waals surface area contributed by atoms with Gasteiger partial charge in [-0.3, -0.25) is 9.59 Å². The van der Waals surface area contributed by atoms with Crippen LogP contribution < -0.4 is 10.1 Å².